The summed E-state index contributed by atoms with van der Waals surface area (Å²) in [5.41, 5.74) is -0.289. The molecule has 0 aliphatic rings. The first kappa shape index (κ1) is 23.5. The average Bonchev–Trinajstić information content (AvgIpc) is 2.53. The second kappa shape index (κ2) is 9.57. The highest BCUT2D eigenvalue weighted by Gasteiger charge is 2.25. The van der Waals surface area contributed by atoms with Crippen molar-refractivity contribution in [2.75, 3.05) is 0 Å². The maximum absolute atomic E-state index is 12.3. The van der Waals surface area contributed by atoms with Crippen LogP contribution in [0, 0.1) is 11.8 Å². The Balaban J connectivity index is 2.96. The highest BCUT2D eigenvalue weighted by molar-refractivity contribution is 5.93. The van der Waals surface area contributed by atoms with E-state index in [1.165, 1.54) is 18.2 Å². The van der Waals surface area contributed by atoms with Gasteiger partial charge >= 0.3 is 11.9 Å². The Morgan fingerprint density at radius 2 is 1.75 bits per heavy atom. The van der Waals surface area contributed by atoms with Gasteiger partial charge in [0.1, 0.15) is 23.0 Å². The first-order chi connectivity index (χ1) is 12.8. The molecule has 1 aromatic carbocycles. The van der Waals surface area contributed by atoms with Crippen LogP contribution >= 0.6 is 0 Å². The number of phenols is 1. The minimum atomic E-state index is -1.17. The van der Waals surface area contributed by atoms with Gasteiger partial charge in [-0.25, -0.2) is 9.59 Å². The number of carboxylic acid groups (broad SMARTS) is 1. The molecule has 1 aromatic rings. The monoisotopic (exact) mass is 393 g/mol. The van der Waals surface area contributed by atoms with Crippen LogP contribution in [-0.4, -0.2) is 39.7 Å². The third-order valence-electron chi connectivity index (χ3n) is 4.01. The topological polar surface area (TPSA) is 113 Å². The van der Waals surface area contributed by atoms with Crippen LogP contribution in [0.2, 0.25) is 0 Å². The number of rotatable bonds is 8. The molecular formula is C21H31NO6. The van der Waals surface area contributed by atoms with Gasteiger partial charge in [0.15, 0.2) is 0 Å². The lowest BCUT2D eigenvalue weighted by molar-refractivity contribution is -0.142. The van der Waals surface area contributed by atoms with E-state index < -0.39 is 23.6 Å². The van der Waals surface area contributed by atoms with Gasteiger partial charge in [0, 0.05) is 12.3 Å². The highest BCUT2D eigenvalue weighted by Crippen LogP contribution is 2.23. The smallest absolute Gasteiger partial charge is 0.342 e. The lowest BCUT2D eigenvalue weighted by Gasteiger charge is -2.21. The van der Waals surface area contributed by atoms with Crippen molar-refractivity contribution >= 4 is 17.8 Å². The van der Waals surface area contributed by atoms with E-state index in [0.29, 0.717) is 17.9 Å². The Morgan fingerprint density at radius 3 is 2.25 bits per heavy atom. The maximum atomic E-state index is 12.3. The number of hydrogen-bond acceptors (Lipinski definition) is 5. The second-order valence-corrected chi connectivity index (χ2v) is 8.49. The number of nitrogens with one attached hydrogen (secondary N) is 1. The minimum Gasteiger partial charge on any atom is -0.507 e. The fourth-order valence-corrected chi connectivity index (χ4v) is 2.77. The van der Waals surface area contributed by atoms with Crippen LogP contribution in [0.15, 0.2) is 18.2 Å². The lowest BCUT2D eigenvalue weighted by atomic mass is 9.97. The average molecular weight is 393 g/mol. The number of aromatic hydroxyl groups is 1. The lowest BCUT2D eigenvalue weighted by Crippen LogP contribution is -2.44. The standard InChI is InChI=1S/C21H31NO6/c1-12(2)9-13(3)18(24)22-16(19(25)26)11-14-7-8-17(23)15(10-14)20(27)28-21(4,5)6/h7-8,10,12-13,16,23H,9,11H2,1-6H3,(H,22,24)(H,25,26)/t13-,16+/m1/s1. The molecule has 0 saturated heterocycles. The molecule has 2 atom stereocenters. The van der Waals surface area contributed by atoms with E-state index in [-0.39, 0.29) is 29.6 Å². The number of carbonyl (C=O) groups excluding carboxylic acids is 2. The third kappa shape index (κ3) is 7.58. The molecule has 0 radical (unpaired) electrons. The van der Waals surface area contributed by atoms with Crippen molar-refractivity contribution in [1.82, 2.24) is 5.32 Å². The molecule has 7 heteroatoms. The summed E-state index contributed by atoms with van der Waals surface area (Å²) in [7, 11) is 0. The molecule has 0 aliphatic heterocycles. The second-order valence-electron chi connectivity index (χ2n) is 8.49. The fourth-order valence-electron chi connectivity index (χ4n) is 2.77. The van der Waals surface area contributed by atoms with Crippen LogP contribution in [0.25, 0.3) is 0 Å². The number of aliphatic carboxylic acids is 1. The molecule has 0 heterocycles. The zero-order valence-electron chi connectivity index (χ0n) is 17.4. The Bertz CT molecular complexity index is 720. The molecule has 0 saturated carbocycles. The summed E-state index contributed by atoms with van der Waals surface area (Å²) >= 11 is 0. The Morgan fingerprint density at radius 1 is 1.14 bits per heavy atom. The number of hydrogen-bond donors (Lipinski definition) is 3. The summed E-state index contributed by atoms with van der Waals surface area (Å²) in [5, 5.41) is 22.0. The van der Waals surface area contributed by atoms with Gasteiger partial charge in [-0.2, -0.15) is 0 Å². The zero-order chi connectivity index (χ0) is 21.6. The van der Waals surface area contributed by atoms with E-state index >= 15 is 0 Å². The van der Waals surface area contributed by atoms with E-state index in [2.05, 4.69) is 5.32 Å². The van der Waals surface area contributed by atoms with Gasteiger partial charge in [-0.1, -0.05) is 26.8 Å². The molecule has 156 valence electrons. The molecule has 0 aliphatic carbocycles. The molecule has 0 bridgehead atoms. The van der Waals surface area contributed by atoms with Gasteiger partial charge in [0.05, 0.1) is 0 Å². The molecule has 0 unspecified atom stereocenters. The van der Waals surface area contributed by atoms with Gasteiger partial charge in [-0.05, 0) is 50.8 Å². The van der Waals surface area contributed by atoms with Gasteiger partial charge < -0.3 is 20.3 Å². The van der Waals surface area contributed by atoms with E-state index in [4.69, 9.17) is 4.74 Å². The molecule has 28 heavy (non-hydrogen) atoms. The third-order valence-corrected chi connectivity index (χ3v) is 4.01. The van der Waals surface area contributed by atoms with Crippen LogP contribution < -0.4 is 5.32 Å². The van der Waals surface area contributed by atoms with Gasteiger partial charge in [0.2, 0.25) is 5.91 Å². The first-order valence-electron chi connectivity index (χ1n) is 9.38. The van der Waals surface area contributed by atoms with Crippen LogP contribution in [0.4, 0.5) is 0 Å². The summed E-state index contributed by atoms with van der Waals surface area (Å²) < 4.78 is 5.26. The number of benzene rings is 1. The van der Waals surface area contributed by atoms with E-state index in [1.54, 1.807) is 27.7 Å². The Hall–Kier alpha value is -2.57. The highest BCUT2D eigenvalue weighted by atomic mass is 16.6. The maximum Gasteiger partial charge on any atom is 0.342 e. The summed E-state index contributed by atoms with van der Waals surface area (Å²) in [4.78, 5) is 36.1. The molecular weight excluding hydrogens is 362 g/mol. The van der Waals surface area contributed by atoms with Crippen LogP contribution in [0.5, 0.6) is 5.75 Å². The molecule has 7 nitrogen and oxygen atoms in total. The van der Waals surface area contributed by atoms with Crippen LogP contribution in [0.1, 0.15) is 63.9 Å². The fraction of sp³-hybridized carbons (Fsp3) is 0.571. The summed E-state index contributed by atoms with van der Waals surface area (Å²) in [6.07, 6.45) is 0.631. The van der Waals surface area contributed by atoms with Crippen molar-refractivity contribution in [1.29, 1.82) is 0 Å². The minimum absolute atomic E-state index is 0.0223. The molecule has 0 spiro atoms. The number of ether oxygens (including phenoxy) is 1. The predicted molar refractivity (Wildman–Crippen MR) is 105 cm³/mol. The number of amides is 1. The normalized spacial score (nSPS) is 13.7. The van der Waals surface area contributed by atoms with Crippen molar-refractivity contribution in [2.24, 2.45) is 11.8 Å². The molecule has 1 amide bonds. The van der Waals surface area contributed by atoms with Crippen molar-refractivity contribution in [3.8, 4) is 5.75 Å². The van der Waals surface area contributed by atoms with Gasteiger partial charge in [0.25, 0.3) is 0 Å². The summed E-state index contributed by atoms with van der Waals surface area (Å²) in [6, 6.07) is 3.08. The largest absolute Gasteiger partial charge is 0.507 e. The van der Waals surface area contributed by atoms with Crippen LogP contribution in [-0.2, 0) is 20.7 Å². The molecule has 0 fully saturated rings. The summed E-state index contributed by atoms with van der Waals surface area (Å²) in [6.45, 7) is 10.9. The van der Waals surface area contributed by atoms with Crippen molar-refractivity contribution < 1.29 is 29.3 Å². The van der Waals surface area contributed by atoms with Gasteiger partial charge in [-0.15, -0.1) is 0 Å². The number of carbonyl (C=O) groups is 3. The van der Waals surface area contributed by atoms with Crippen molar-refractivity contribution in [3.63, 3.8) is 0 Å². The van der Waals surface area contributed by atoms with Crippen molar-refractivity contribution in [3.05, 3.63) is 29.3 Å². The zero-order valence-corrected chi connectivity index (χ0v) is 17.4. The number of esters is 1. The van der Waals surface area contributed by atoms with E-state index in [1.807, 2.05) is 13.8 Å². The van der Waals surface area contributed by atoms with Gasteiger partial charge in [-0.3, -0.25) is 4.79 Å². The predicted octanol–water partition coefficient (Wildman–Crippen LogP) is 3.14. The Kier molecular flexibility index (Phi) is 8.02. The Labute approximate surface area is 166 Å². The van der Waals surface area contributed by atoms with Crippen molar-refractivity contribution in [2.45, 2.75) is 66.0 Å². The van der Waals surface area contributed by atoms with Crippen LogP contribution in [0.3, 0.4) is 0 Å². The van der Waals surface area contributed by atoms with E-state index in [0.717, 1.165) is 0 Å². The van der Waals surface area contributed by atoms with E-state index in [9.17, 15) is 24.6 Å². The summed E-state index contributed by atoms with van der Waals surface area (Å²) in [5.74, 6) is -2.44. The molecule has 1 rings (SSSR count). The SMILES string of the molecule is CC(C)C[C@@H](C)C(=O)N[C@@H](Cc1ccc(O)c(C(=O)OC(C)(C)C)c1)C(=O)O. The number of phenolic OH excluding ortho intramolecular Hbond substituents is 1. The molecule has 3 N–H and O–H groups in total. The molecule has 0 aromatic heterocycles. The number of carboxylic acids is 1. The first-order valence-corrected chi connectivity index (χ1v) is 9.38. The quantitative estimate of drug-likeness (QED) is 0.585.